The van der Waals surface area contributed by atoms with E-state index in [0.717, 1.165) is 0 Å². The van der Waals surface area contributed by atoms with E-state index in [1.54, 1.807) is 0 Å². The van der Waals surface area contributed by atoms with E-state index >= 15 is 0 Å². The molecule has 112 valence electrons. The molecule has 5 nitrogen and oxygen atoms in total. The topological polar surface area (TPSA) is 78.0 Å². The number of aromatic nitrogens is 2. The first kappa shape index (κ1) is 14.8. The van der Waals surface area contributed by atoms with Crippen molar-refractivity contribution in [2.45, 2.75) is 37.5 Å². The van der Waals surface area contributed by atoms with E-state index in [1.807, 2.05) is 0 Å². The minimum Gasteiger partial charge on any atom is -0.388 e. The van der Waals surface area contributed by atoms with E-state index < -0.39 is 23.6 Å². The van der Waals surface area contributed by atoms with Crippen molar-refractivity contribution in [3.05, 3.63) is 18.0 Å². The van der Waals surface area contributed by atoms with Crippen LogP contribution in [0.15, 0.2) is 12.3 Å². The summed E-state index contributed by atoms with van der Waals surface area (Å²) in [6.45, 7) is -0.197. The predicted molar refractivity (Wildman–Crippen MR) is 63.9 cm³/mol. The number of halogens is 3. The lowest BCUT2D eigenvalue weighted by molar-refractivity contribution is -0.199. The summed E-state index contributed by atoms with van der Waals surface area (Å²) in [6, 6.07) is 1.44. The van der Waals surface area contributed by atoms with Gasteiger partial charge in [-0.3, -0.25) is 9.89 Å². The van der Waals surface area contributed by atoms with Crippen molar-refractivity contribution in [3.8, 4) is 0 Å². The van der Waals surface area contributed by atoms with Crippen LogP contribution in [0.1, 0.15) is 36.2 Å². The third-order valence-corrected chi connectivity index (χ3v) is 3.61. The summed E-state index contributed by atoms with van der Waals surface area (Å²) in [7, 11) is 0. The molecule has 0 saturated heterocycles. The summed E-state index contributed by atoms with van der Waals surface area (Å²) in [5, 5.41) is 18.7. The summed E-state index contributed by atoms with van der Waals surface area (Å²) in [4.78, 5) is 11.7. The lowest BCUT2D eigenvalue weighted by Crippen LogP contribution is -2.48. The van der Waals surface area contributed by atoms with Crippen LogP contribution in [0.4, 0.5) is 13.2 Å². The highest BCUT2D eigenvalue weighted by Crippen LogP contribution is 2.41. The maximum absolute atomic E-state index is 12.7. The monoisotopic (exact) mass is 291 g/mol. The quantitative estimate of drug-likeness (QED) is 0.792. The molecule has 2 rings (SSSR count). The largest absolute Gasteiger partial charge is 0.391 e. The number of rotatable bonds is 3. The van der Waals surface area contributed by atoms with Gasteiger partial charge in [0.15, 0.2) is 0 Å². The molecule has 1 aromatic heterocycles. The molecule has 1 aliphatic rings. The average Bonchev–Trinajstić information content (AvgIpc) is 2.89. The number of nitrogens with zero attached hydrogens (tertiary/aromatic N) is 1. The second kappa shape index (κ2) is 5.43. The summed E-state index contributed by atoms with van der Waals surface area (Å²) < 4.78 is 38.1. The zero-order valence-corrected chi connectivity index (χ0v) is 10.7. The van der Waals surface area contributed by atoms with E-state index in [9.17, 15) is 23.1 Å². The van der Waals surface area contributed by atoms with Gasteiger partial charge >= 0.3 is 6.18 Å². The van der Waals surface area contributed by atoms with E-state index in [1.165, 1.54) is 12.3 Å². The Morgan fingerprint density at radius 3 is 2.95 bits per heavy atom. The molecule has 0 aromatic carbocycles. The van der Waals surface area contributed by atoms with Crippen molar-refractivity contribution in [3.63, 3.8) is 0 Å². The zero-order valence-electron chi connectivity index (χ0n) is 10.7. The third kappa shape index (κ3) is 3.50. The van der Waals surface area contributed by atoms with Gasteiger partial charge in [-0.2, -0.15) is 18.3 Å². The molecule has 3 N–H and O–H groups in total. The highest BCUT2D eigenvalue weighted by Gasteiger charge is 2.47. The predicted octanol–water partition coefficient (Wildman–Crippen LogP) is 1.62. The molecular formula is C12H16F3N3O2. The summed E-state index contributed by atoms with van der Waals surface area (Å²) in [5.74, 6) is -2.00. The number of aliphatic hydroxyl groups is 1. The van der Waals surface area contributed by atoms with E-state index in [2.05, 4.69) is 15.5 Å². The summed E-state index contributed by atoms with van der Waals surface area (Å²) >= 11 is 0. The van der Waals surface area contributed by atoms with Crippen LogP contribution >= 0.6 is 0 Å². The minimum atomic E-state index is -4.30. The number of alkyl halides is 3. The van der Waals surface area contributed by atoms with Gasteiger partial charge < -0.3 is 10.4 Å². The highest BCUT2D eigenvalue weighted by atomic mass is 19.4. The zero-order chi connectivity index (χ0) is 14.8. The van der Waals surface area contributed by atoms with Crippen LogP contribution < -0.4 is 5.32 Å². The number of amides is 1. The second-order valence-electron chi connectivity index (χ2n) is 5.21. The van der Waals surface area contributed by atoms with Crippen molar-refractivity contribution >= 4 is 5.91 Å². The van der Waals surface area contributed by atoms with Crippen LogP contribution in [0.5, 0.6) is 0 Å². The molecular weight excluding hydrogens is 275 g/mol. The standard InChI is InChI=1S/C12H16F3N3O2/c13-12(14,15)8-2-1-4-11(20,6-8)7-16-10(19)9-3-5-17-18-9/h3,5,8,20H,1-2,4,6-7H2,(H,16,19)(H,17,18)/t8-,11+/m0/s1. The highest BCUT2D eigenvalue weighted by molar-refractivity contribution is 5.92. The molecule has 0 aliphatic heterocycles. The Bertz CT molecular complexity index is 461. The lowest BCUT2D eigenvalue weighted by atomic mass is 9.77. The van der Waals surface area contributed by atoms with Crippen LogP contribution in [-0.4, -0.2) is 39.5 Å². The fourth-order valence-electron chi connectivity index (χ4n) is 2.50. The number of H-pyrrole nitrogens is 1. The third-order valence-electron chi connectivity index (χ3n) is 3.61. The first-order chi connectivity index (χ1) is 9.30. The number of nitrogens with one attached hydrogen (secondary N) is 2. The summed E-state index contributed by atoms with van der Waals surface area (Å²) in [5.41, 5.74) is -1.30. The molecule has 20 heavy (non-hydrogen) atoms. The van der Waals surface area contributed by atoms with Crippen LogP contribution in [0, 0.1) is 5.92 Å². The maximum Gasteiger partial charge on any atom is 0.391 e. The number of carbonyl (C=O) groups excluding carboxylic acids is 1. The number of hydrogen-bond donors (Lipinski definition) is 3. The Morgan fingerprint density at radius 1 is 1.60 bits per heavy atom. The molecule has 0 radical (unpaired) electrons. The van der Waals surface area contributed by atoms with Gasteiger partial charge in [0.2, 0.25) is 0 Å². The molecule has 1 amide bonds. The SMILES string of the molecule is O=C(NC[C@@]1(O)CCC[C@H](C(F)(F)F)C1)c1ccn[nH]1. The molecule has 1 heterocycles. The Hall–Kier alpha value is -1.57. The van der Waals surface area contributed by atoms with Crippen LogP contribution in [0.3, 0.4) is 0 Å². The van der Waals surface area contributed by atoms with Gasteiger partial charge in [0.1, 0.15) is 5.69 Å². The smallest absolute Gasteiger partial charge is 0.388 e. The first-order valence-corrected chi connectivity index (χ1v) is 6.37. The van der Waals surface area contributed by atoms with Gasteiger partial charge in [-0.25, -0.2) is 0 Å². The second-order valence-corrected chi connectivity index (χ2v) is 5.21. The van der Waals surface area contributed by atoms with E-state index in [4.69, 9.17) is 0 Å². The van der Waals surface area contributed by atoms with Crippen LogP contribution in [0.2, 0.25) is 0 Å². The van der Waals surface area contributed by atoms with E-state index in [-0.39, 0.29) is 31.5 Å². The minimum absolute atomic E-state index is 0.0281. The number of hydrogen-bond acceptors (Lipinski definition) is 3. The molecule has 1 aliphatic carbocycles. The first-order valence-electron chi connectivity index (χ1n) is 6.37. The maximum atomic E-state index is 12.7. The van der Waals surface area contributed by atoms with Crippen molar-refractivity contribution < 1.29 is 23.1 Å². The van der Waals surface area contributed by atoms with Gasteiger partial charge in [-0.1, -0.05) is 0 Å². The molecule has 0 unspecified atom stereocenters. The van der Waals surface area contributed by atoms with Gasteiger partial charge in [-0.05, 0) is 31.7 Å². The Labute approximate surface area is 113 Å². The molecule has 1 aromatic rings. The Kier molecular flexibility index (Phi) is 4.03. The fraction of sp³-hybridized carbons (Fsp3) is 0.667. The average molecular weight is 291 g/mol. The van der Waals surface area contributed by atoms with Crippen molar-refractivity contribution in [1.29, 1.82) is 0 Å². The lowest BCUT2D eigenvalue weighted by Gasteiger charge is -2.37. The Morgan fingerprint density at radius 2 is 2.35 bits per heavy atom. The molecule has 0 bridgehead atoms. The Balaban J connectivity index is 1.92. The van der Waals surface area contributed by atoms with Gasteiger partial charge in [0, 0.05) is 12.7 Å². The van der Waals surface area contributed by atoms with Crippen molar-refractivity contribution in [1.82, 2.24) is 15.5 Å². The van der Waals surface area contributed by atoms with Crippen LogP contribution in [0.25, 0.3) is 0 Å². The molecule has 1 fully saturated rings. The molecule has 2 atom stereocenters. The fourth-order valence-corrected chi connectivity index (χ4v) is 2.50. The van der Waals surface area contributed by atoms with Gasteiger partial charge in [0.25, 0.3) is 5.91 Å². The van der Waals surface area contributed by atoms with E-state index in [0.29, 0.717) is 6.42 Å². The van der Waals surface area contributed by atoms with Crippen LogP contribution in [-0.2, 0) is 0 Å². The van der Waals surface area contributed by atoms with Gasteiger partial charge in [-0.15, -0.1) is 0 Å². The van der Waals surface area contributed by atoms with Crippen molar-refractivity contribution in [2.75, 3.05) is 6.54 Å². The molecule has 0 spiro atoms. The van der Waals surface area contributed by atoms with Crippen molar-refractivity contribution in [2.24, 2.45) is 5.92 Å². The number of carbonyl (C=O) groups is 1. The van der Waals surface area contributed by atoms with Gasteiger partial charge in [0.05, 0.1) is 11.5 Å². The molecule has 1 saturated carbocycles. The molecule has 8 heteroatoms. The number of aromatic amines is 1. The summed E-state index contributed by atoms with van der Waals surface area (Å²) in [6.07, 6.45) is -2.71. The normalized spacial score (nSPS) is 27.3.